The van der Waals surface area contributed by atoms with Crippen molar-refractivity contribution in [3.05, 3.63) is 58.6 Å². The van der Waals surface area contributed by atoms with E-state index in [1.807, 2.05) is 37.3 Å². The molecule has 0 N–H and O–H groups in total. The van der Waals surface area contributed by atoms with Crippen LogP contribution in [0.5, 0.6) is 0 Å². The van der Waals surface area contributed by atoms with Gasteiger partial charge in [-0.15, -0.1) is 0 Å². The first-order valence-corrected chi connectivity index (χ1v) is 5.13. The Bertz CT molecular complexity index is 744. The molecular formula is C13H10N2O. The first kappa shape index (κ1) is 9.09. The van der Waals surface area contributed by atoms with E-state index in [4.69, 9.17) is 0 Å². The van der Waals surface area contributed by atoms with Gasteiger partial charge in [-0.1, -0.05) is 24.3 Å². The summed E-state index contributed by atoms with van der Waals surface area (Å²) in [4.78, 5) is 16.2. The van der Waals surface area contributed by atoms with Gasteiger partial charge >= 0.3 is 0 Å². The molecule has 0 bridgehead atoms. The lowest BCUT2D eigenvalue weighted by atomic mass is 10.1. The van der Waals surface area contributed by atoms with Crippen molar-refractivity contribution in [1.82, 2.24) is 9.38 Å². The molecular weight excluding hydrogens is 200 g/mol. The summed E-state index contributed by atoms with van der Waals surface area (Å²) >= 11 is 0. The molecule has 0 saturated carbocycles. The molecule has 1 aromatic carbocycles. The van der Waals surface area contributed by atoms with Crippen LogP contribution < -0.4 is 5.56 Å². The van der Waals surface area contributed by atoms with Crippen LogP contribution in [-0.2, 0) is 0 Å². The quantitative estimate of drug-likeness (QED) is 0.533. The third-order valence-corrected chi connectivity index (χ3v) is 2.69. The summed E-state index contributed by atoms with van der Waals surface area (Å²) in [5.74, 6) is 0. The molecule has 3 nitrogen and oxygen atoms in total. The van der Waals surface area contributed by atoms with Gasteiger partial charge in [0.05, 0.1) is 0 Å². The van der Waals surface area contributed by atoms with Crippen molar-refractivity contribution in [3.8, 4) is 0 Å². The Morgan fingerprint density at radius 3 is 2.88 bits per heavy atom. The monoisotopic (exact) mass is 210 g/mol. The van der Waals surface area contributed by atoms with E-state index in [0.717, 1.165) is 22.1 Å². The molecule has 0 aliphatic rings. The lowest BCUT2D eigenvalue weighted by Crippen LogP contribution is -2.14. The molecule has 16 heavy (non-hydrogen) atoms. The highest BCUT2D eigenvalue weighted by Gasteiger charge is 2.03. The van der Waals surface area contributed by atoms with Gasteiger partial charge in [0.25, 0.3) is 5.56 Å². The number of fused-ring (bicyclic) bond motifs is 3. The number of hydrogen-bond donors (Lipinski definition) is 0. The SMILES string of the molecule is Cc1cc(=O)n2ccc3ccccc3c2n1. The van der Waals surface area contributed by atoms with E-state index < -0.39 is 0 Å². The summed E-state index contributed by atoms with van der Waals surface area (Å²) in [5, 5.41) is 2.10. The summed E-state index contributed by atoms with van der Waals surface area (Å²) in [6.45, 7) is 1.84. The highest BCUT2D eigenvalue weighted by atomic mass is 16.1. The van der Waals surface area contributed by atoms with E-state index in [1.54, 1.807) is 16.7 Å². The zero-order chi connectivity index (χ0) is 11.1. The van der Waals surface area contributed by atoms with Crippen molar-refractivity contribution in [2.75, 3.05) is 0 Å². The van der Waals surface area contributed by atoms with E-state index in [0.29, 0.717) is 0 Å². The van der Waals surface area contributed by atoms with E-state index in [2.05, 4.69) is 4.98 Å². The van der Waals surface area contributed by atoms with Gasteiger partial charge in [-0.3, -0.25) is 9.20 Å². The minimum Gasteiger partial charge on any atom is -0.269 e. The molecule has 0 aliphatic heterocycles. The van der Waals surface area contributed by atoms with Crippen molar-refractivity contribution in [2.45, 2.75) is 6.92 Å². The molecule has 3 heteroatoms. The van der Waals surface area contributed by atoms with Crippen LogP contribution in [0.4, 0.5) is 0 Å². The van der Waals surface area contributed by atoms with Crippen LogP contribution in [0.3, 0.4) is 0 Å². The minimum absolute atomic E-state index is 0.0340. The summed E-state index contributed by atoms with van der Waals surface area (Å²) in [5.41, 5.74) is 1.44. The van der Waals surface area contributed by atoms with Crippen LogP contribution in [0.25, 0.3) is 16.4 Å². The van der Waals surface area contributed by atoms with Crippen LogP contribution in [0, 0.1) is 6.92 Å². The Labute approximate surface area is 92.0 Å². The Balaban J connectivity index is 2.65. The average Bonchev–Trinajstić information content (AvgIpc) is 2.28. The molecule has 2 aromatic heterocycles. The largest absolute Gasteiger partial charge is 0.269 e. The summed E-state index contributed by atoms with van der Waals surface area (Å²) < 4.78 is 1.58. The van der Waals surface area contributed by atoms with E-state index in [-0.39, 0.29) is 5.56 Å². The van der Waals surface area contributed by atoms with Crippen LogP contribution in [0.15, 0.2) is 47.4 Å². The number of nitrogens with zero attached hydrogens (tertiary/aromatic N) is 2. The molecule has 3 aromatic rings. The maximum atomic E-state index is 11.8. The van der Waals surface area contributed by atoms with E-state index in [9.17, 15) is 4.79 Å². The number of aromatic nitrogens is 2. The van der Waals surface area contributed by atoms with Crippen LogP contribution in [0.1, 0.15) is 5.69 Å². The number of aryl methyl sites for hydroxylation is 1. The molecule has 2 heterocycles. The van der Waals surface area contributed by atoms with Gasteiger partial charge in [0, 0.05) is 23.3 Å². The Morgan fingerprint density at radius 1 is 1.19 bits per heavy atom. The zero-order valence-corrected chi connectivity index (χ0v) is 8.84. The molecule has 0 atom stereocenters. The van der Waals surface area contributed by atoms with Crippen LogP contribution in [0.2, 0.25) is 0 Å². The highest BCUT2D eigenvalue weighted by Crippen LogP contribution is 2.16. The van der Waals surface area contributed by atoms with Gasteiger partial charge < -0.3 is 0 Å². The summed E-state index contributed by atoms with van der Waals surface area (Å²) in [6.07, 6.45) is 1.77. The maximum absolute atomic E-state index is 11.8. The molecule has 0 amide bonds. The molecule has 0 unspecified atom stereocenters. The van der Waals surface area contributed by atoms with Gasteiger partial charge in [0.1, 0.15) is 5.65 Å². The van der Waals surface area contributed by atoms with Crippen molar-refractivity contribution in [3.63, 3.8) is 0 Å². The van der Waals surface area contributed by atoms with Gasteiger partial charge in [-0.25, -0.2) is 4.98 Å². The first-order valence-electron chi connectivity index (χ1n) is 5.13. The van der Waals surface area contributed by atoms with Gasteiger partial charge in [-0.05, 0) is 18.4 Å². The van der Waals surface area contributed by atoms with Crippen molar-refractivity contribution >= 4 is 16.4 Å². The fraction of sp³-hybridized carbons (Fsp3) is 0.0769. The first-order chi connectivity index (χ1) is 7.75. The van der Waals surface area contributed by atoms with Gasteiger partial charge in [0.2, 0.25) is 0 Å². The molecule has 78 valence electrons. The number of hydrogen-bond acceptors (Lipinski definition) is 2. The zero-order valence-electron chi connectivity index (χ0n) is 8.84. The smallest absolute Gasteiger partial charge is 0.258 e. The fourth-order valence-electron chi connectivity index (χ4n) is 1.94. The normalized spacial score (nSPS) is 11.1. The van der Waals surface area contributed by atoms with Crippen molar-refractivity contribution in [2.24, 2.45) is 0 Å². The van der Waals surface area contributed by atoms with Crippen molar-refractivity contribution in [1.29, 1.82) is 0 Å². The molecule has 0 fully saturated rings. The molecule has 0 spiro atoms. The van der Waals surface area contributed by atoms with E-state index in [1.165, 1.54) is 0 Å². The van der Waals surface area contributed by atoms with Gasteiger partial charge in [0.15, 0.2) is 0 Å². The number of benzene rings is 1. The lowest BCUT2D eigenvalue weighted by molar-refractivity contribution is 1.03. The van der Waals surface area contributed by atoms with Crippen LogP contribution in [-0.4, -0.2) is 9.38 Å². The third-order valence-electron chi connectivity index (χ3n) is 2.69. The van der Waals surface area contributed by atoms with Gasteiger partial charge in [-0.2, -0.15) is 0 Å². The third kappa shape index (κ3) is 1.21. The number of rotatable bonds is 0. The molecule has 3 rings (SSSR count). The second-order valence-electron chi connectivity index (χ2n) is 3.83. The molecule has 0 saturated heterocycles. The second kappa shape index (κ2) is 3.17. The molecule has 0 radical (unpaired) electrons. The number of pyridine rings is 1. The summed E-state index contributed by atoms with van der Waals surface area (Å²) in [6, 6.07) is 11.4. The average molecular weight is 210 g/mol. The predicted octanol–water partition coefficient (Wildman–Crippen LogP) is 2.16. The van der Waals surface area contributed by atoms with Crippen molar-refractivity contribution < 1.29 is 0 Å². The van der Waals surface area contributed by atoms with E-state index >= 15 is 0 Å². The molecule has 0 aliphatic carbocycles. The Kier molecular flexibility index (Phi) is 1.80. The topological polar surface area (TPSA) is 34.4 Å². The predicted molar refractivity (Wildman–Crippen MR) is 63.7 cm³/mol. The fourth-order valence-corrected chi connectivity index (χ4v) is 1.94. The highest BCUT2D eigenvalue weighted by molar-refractivity contribution is 5.93. The maximum Gasteiger partial charge on any atom is 0.258 e. The Hall–Kier alpha value is -2.16. The lowest BCUT2D eigenvalue weighted by Gasteiger charge is -2.04. The minimum atomic E-state index is -0.0340. The second-order valence-corrected chi connectivity index (χ2v) is 3.83. The Morgan fingerprint density at radius 2 is 2.00 bits per heavy atom. The summed E-state index contributed by atoms with van der Waals surface area (Å²) in [7, 11) is 0. The van der Waals surface area contributed by atoms with Crippen LogP contribution >= 0.6 is 0 Å². The standard InChI is InChI=1S/C13H10N2O/c1-9-8-12(16)15-7-6-10-4-2-3-5-11(10)13(15)14-9/h2-8H,1H3.